The van der Waals surface area contributed by atoms with Crippen LogP contribution in [-0.4, -0.2) is 22.1 Å². The summed E-state index contributed by atoms with van der Waals surface area (Å²) < 4.78 is 6.07. The number of rotatable bonds is 2. The van der Waals surface area contributed by atoms with Gasteiger partial charge in [0.05, 0.1) is 5.69 Å². The van der Waals surface area contributed by atoms with Crippen molar-refractivity contribution in [2.75, 3.05) is 11.9 Å². The molecule has 5 aromatic rings. The van der Waals surface area contributed by atoms with E-state index in [0.29, 0.717) is 0 Å². The number of carbonyl (C=O) groups excluding carboxylic acids is 1. The zero-order valence-electron chi connectivity index (χ0n) is 18.4. The molecule has 4 nitrogen and oxygen atoms in total. The molecule has 3 heterocycles. The lowest BCUT2D eigenvalue weighted by Gasteiger charge is -2.29. The minimum absolute atomic E-state index is 0.0454. The molecule has 0 spiro atoms. The molecule has 164 valence electrons. The molecular weight excluding hydrogens is 542 g/mol. The Morgan fingerprint density at radius 3 is 1.79 bits per heavy atom. The molecule has 1 amide bonds. The molecule has 0 atom stereocenters. The highest BCUT2D eigenvalue weighted by atomic mass is 79.9. The van der Waals surface area contributed by atoms with E-state index in [1.165, 1.54) is 0 Å². The second-order valence-electron chi connectivity index (χ2n) is 8.74. The number of anilines is 1. The third kappa shape index (κ3) is 2.59. The van der Waals surface area contributed by atoms with Crippen LogP contribution in [0.2, 0.25) is 0 Å². The fourth-order valence-corrected chi connectivity index (χ4v) is 7.10. The lowest BCUT2D eigenvalue weighted by Crippen LogP contribution is -2.40. The van der Waals surface area contributed by atoms with Crippen LogP contribution in [0.25, 0.3) is 21.8 Å². The van der Waals surface area contributed by atoms with E-state index in [4.69, 9.17) is 0 Å². The van der Waals surface area contributed by atoms with Crippen molar-refractivity contribution in [2.24, 2.45) is 14.1 Å². The lowest BCUT2D eigenvalue weighted by atomic mass is 9.70. The first-order valence-electron chi connectivity index (χ1n) is 10.7. The predicted molar refractivity (Wildman–Crippen MR) is 141 cm³/mol. The first-order chi connectivity index (χ1) is 15.9. The molecule has 1 aliphatic heterocycles. The number of aromatic nitrogens is 2. The minimum Gasteiger partial charge on any atom is -0.350 e. The average Bonchev–Trinajstić information content (AvgIpc) is 3.39. The van der Waals surface area contributed by atoms with Crippen molar-refractivity contribution in [1.29, 1.82) is 0 Å². The Bertz CT molecular complexity index is 1530. The van der Waals surface area contributed by atoms with Gasteiger partial charge in [0.15, 0.2) is 0 Å². The number of likely N-dealkylation sites (N-methyl/N-ethyl adjacent to an activating group) is 1. The van der Waals surface area contributed by atoms with Crippen molar-refractivity contribution >= 4 is 65.3 Å². The highest BCUT2D eigenvalue weighted by Crippen LogP contribution is 2.56. The molecule has 0 N–H and O–H groups in total. The molecule has 6 heteroatoms. The Morgan fingerprint density at radius 2 is 1.24 bits per heavy atom. The Kier molecular flexibility index (Phi) is 4.45. The van der Waals surface area contributed by atoms with E-state index in [1.807, 2.05) is 51.5 Å². The van der Waals surface area contributed by atoms with Gasteiger partial charge in [-0.05, 0) is 40.2 Å². The van der Waals surface area contributed by atoms with E-state index in [0.717, 1.165) is 53.1 Å². The van der Waals surface area contributed by atoms with Crippen molar-refractivity contribution in [2.45, 2.75) is 5.41 Å². The number of nitrogens with zero attached hydrogens (tertiary/aromatic N) is 3. The number of fused-ring (bicyclic) bond motifs is 3. The normalized spacial score (nSPS) is 15.1. The van der Waals surface area contributed by atoms with E-state index >= 15 is 0 Å². The zero-order valence-corrected chi connectivity index (χ0v) is 21.6. The SMILES string of the molecule is CN1C(=O)C(c2cn(C)c3ccccc23)(c2cn(C)c3ccccc23)c2cc(Br)cc(Br)c21. The van der Waals surface area contributed by atoms with Gasteiger partial charge in [-0.15, -0.1) is 0 Å². The Hall–Kier alpha value is -2.83. The molecule has 0 saturated carbocycles. The summed E-state index contributed by atoms with van der Waals surface area (Å²) in [6.45, 7) is 0. The average molecular weight is 563 g/mol. The summed E-state index contributed by atoms with van der Waals surface area (Å²) in [4.78, 5) is 16.3. The van der Waals surface area contributed by atoms with Gasteiger partial charge in [-0.25, -0.2) is 0 Å². The zero-order chi connectivity index (χ0) is 23.1. The summed E-state index contributed by atoms with van der Waals surface area (Å²) in [5.74, 6) is 0.0454. The van der Waals surface area contributed by atoms with Crippen LogP contribution in [-0.2, 0) is 24.3 Å². The number of amides is 1. The second-order valence-corrected chi connectivity index (χ2v) is 10.5. The van der Waals surface area contributed by atoms with E-state index in [1.54, 1.807) is 4.90 Å². The molecule has 2 aromatic heterocycles. The van der Waals surface area contributed by atoms with Gasteiger partial charge in [0, 0.05) is 81.0 Å². The summed E-state index contributed by atoms with van der Waals surface area (Å²) in [7, 11) is 5.96. The van der Waals surface area contributed by atoms with Crippen LogP contribution in [0.3, 0.4) is 0 Å². The van der Waals surface area contributed by atoms with Gasteiger partial charge < -0.3 is 14.0 Å². The number of hydrogen-bond donors (Lipinski definition) is 0. The fourth-order valence-electron chi connectivity index (χ4n) is 5.61. The Balaban J connectivity index is 1.87. The molecule has 6 rings (SSSR count). The largest absolute Gasteiger partial charge is 0.350 e. The summed E-state index contributed by atoms with van der Waals surface area (Å²) in [6, 6.07) is 20.7. The topological polar surface area (TPSA) is 30.2 Å². The number of para-hydroxylation sites is 2. The van der Waals surface area contributed by atoms with Crippen LogP contribution in [0.1, 0.15) is 16.7 Å². The molecule has 1 aliphatic rings. The van der Waals surface area contributed by atoms with E-state index in [2.05, 4.69) is 83.7 Å². The van der Waals surface area contributed by atoms with Crippen LogP contribution in [0.15, 0.2) is 82.0 Å². The second kappa shape index (κ2) is 7.08. The number of benzene rings is 3. The molecular formula is C27H21Br2N3O. The maximum Gasteiger partial charge on any atom is 0.246 e. The molecule has 0 saturated heterocycles. The highest BCUT2D eigenvalue weighted by molar-refractivity contribution is 9.11. The predicted octanol–water partition coefficient (Wildman–Crippen LogP) is 6.51. The maximum absolute atomic E-state index is 14.5. The summed E-state index contributed by atoms with van der Waals surface area (Å²) >= 11 is 7.43. The van der Waals surface area contributed by atoms with Crippen LogP contribution < -0.4 is 4.90 Å². The van der Waals surface area contributed by atoms with Crippen molar-refractivity contribution in [3.63, 3.8) is 0 Å². The van der Waals surface area contributed by atoms with Gasteiger partial charge in [0.25, 0.3) is 0 Å². The molecule has 0 unspecified atom stereocenters. The maximum atomic E-state index is 14.5. The molecule has 33 heavy (non-hydrogen) atoms. The van der Waals surface area contributed by atoms with E-state index < -0.39 is 5.41 Å². The third-order valence-electron chi connectivity index (χ3n) is 6.99. The quantitative estimate of drug-likeness (QED) is 0.241. The van der Waals surface area contributed by atoms with Crippen molar-refractivity contribution < 1.29 is 4.79 Å². The van der Waals surface area contributed by atoms with Crippen molar-refractivity contribution in [1.82, 2.24) is 9.13 Å². The number of halogens is 2. The van der Waals surface area contributed by atoms with E-state index in [-0.39, 0.29) is 5.91 Å². The third-order valence-corrected chi connectivity index (χ3v) is 8.06. The molecule has 0 fully saturated rings. The Morgan fingerprint density at radius 1 is 0.727 bits per heavy atom. The van der Waals surface area contributed by atoms with Crippen molar-refractivity contribution in [3.05, 3.63) is 98.7 Å². The van der Waals surface area contributed by atoms with Gasteiger partial charge in [-0.1, -0.05) is 52.3 Å². The lowest BCUT2D eigenvalue weighted by molar-refractivity contribution is -0.120. The monoisotopic (exact) mass is 561 g/mol. The number of hydrogen-bond acceptors (Lipinski definition) is 1. The van der Waals surface area contributed by atoms with Crippen molar-refractivity contribution in [3.8, 4) is 0 Å². The summed E-state index contributed by atoms with van der Waals surface area (Å²) in [5.41, 5.74) is 5.09. The van der Waals surface area contributed by atoms with Gasteiger partial charge in [0.2, 0.25) is 5.91 Å². The van der Waals surface area contributed by atoms with Crippen LogP contribution in [0, 0.1) is 0 Å². The molecule has 0 aliphatic carbocycles. The fraction of sp³-hybridized carbons (Fsp3) is 0.148. The smallest absolute Gasteiger partial charge is 0.246 e. The first kappa shape index (κ1) is 20.8. The summed E-state index contributed by atoms with van der Waals surface area (Å²) in [6.07, 6.45) is 4.25. The van der Waals surface area contributed by atoms with Gasteiger partial charge in [0.1, 0.15) is 5.41 Å². The van der Waals surface area contributed by atoms with Crippen LogP contribution in [0.4, 0.5) is 5.69 Å². The molecule has 0 radical (unpaired) electrons. The number of aryl methyl sites for hydroxylation is 2. The molecule has 0 bridgehead atoms. The van der Waals surface area contributed by atoms with E-state index in [9.17, 15) is 4.79 Å². The van der Waals surface area contributed by atoms with Gasteiger partial charge in [-0.2, -0.15) is 0 Å². The van der Waals surface area contributed by atoms with Gasteiger partial charge in [-0.3, -0.25) is 4.79 Å². The summed E-state index contributed by atoms with van der Waals surface area (Å²) in [5, 5.41) is 2.16. The first-order valence-corrected chi connectivity index (χ1v) is 12.3. The Labute approximate surface area is 208 Å². The number of carbonyl (C=O) groups is 1. The highest BCUT2D eigenvalue weighted by Gasteiger charge is 2.55. The standard InChI is InChI=1S/C27H21Br2N3O/c1-30-14-20(17-8-4-6-10-23(17)30)27(21-15-31(2)24-11-7-5-9-18(21)24)19-12-16(28)13-22(29)25(19)32(3)26(27)33/h4-15H,1-3H3. The minimum atomic E-state index is -0.988. The van der Waals surface area contributed by atoms with Crippen LogP contribution in [0.5, 0.6) is 0 Å². The molecule has 3 aromatic carbocycles. The van der Waals surface area contributed by atoms with Gasteiger partial charge >= 0.3 is 0 Å². The van der Waals surface area contributed by atoms with Crippen LogP contribution >= 0.6 is 31.9 Å².